The first kappa shape index (κ1) is 14.1. The molecule has 0 spiro atoms. The lowest BCUT2D eigenvalue weighted by Crippen LogP contribution is -2.30. The molecule has 1 amide bonds. The maximum Gasteiger partial charge on any atom is 0.221 e. The van der Waals surface area contributed by atoms with Gasteiger partial charge in [0.1, 0.15) is 0 Å². The molecule has 4 nitrogen and oxygen atoms in total. The third-order valence-electron chi connectivity index (χ3n) is 1.89. The van der Waals surface area contributed by atoms with E-state index in [4.69, 9.17) is 9.47 Å². The first-order valence-corrected chi connectivity index (χ1v) is 4.86. The number of carbonyl (C=O) groups is 1. The van der Waals surface area contributed by atoms with Gasteiger partial charge in [0.25, 0.3) is 0 Å². The van der Waals surface area contributed by atoms with E-state index in [0.717, 1.165) is 5.70 Å². The van der Waals surface area contributed by atoms with Gasteiger partial charge in [-0.1, -0.05) is 20.8 Å². The smallest absolute Gasteiger partial charge is 0.221 e. The third-order valence-corrected chi connectivity index (χ3v) is 1.89. The minimum atomic E-state index is -0.439. The number of allylic oxidation sites excluding steroid dienone is 1. The number of carbonyl (C=O) groups excluding carboxylic acids is 1. The molecule has 0 saturated carbocycles. The Morgan fingerprint density at radius 3 is 2.00 bits per heavy atom. The van der Waals surface area contributed by atoms with Crippen molar-refractivity contribution in [2.45, 2.75) is 34.0 Å². The normalized spacial score (nSPS) is 13.1. The van der Waals surface area contributed by atoms with Crippen LogP contribution in [-0.4, -0.2) is 26.4 Å². The lowest BCUT2D eigenvalue weighted by molar-refractivity contribution is -0.118. The quantitative estimate of drug-likeness (QED) is 0.726. The summed E-state index contributed by atoms with van der Waals surface area (Å²) in [5.41, 5.74) is 0.643. The molecule has 0 aliphatic carbocycles. The van der Waals surface area contributed by atoms with Crippen LogP contribution in [0.2, 0.25) is 0 Å². The Kier molecular flexibility index (Phi) is 5.54. The molecule has 88 valence electrons. The van der Waals surface area contributed by atoms with E-state index in [2.05, 4.69) is 5.32 Å². The van der Waals surface area contributed by atoms with Gasteiger partial charge in [0, 0.05) is 32.3 Å². The van der Waals surface area contributed by atoms with Gasteiger partial charge < -0.3 is 14.8 Å². The predicted octanol–water partition coefficient (Wildman–Crippen LogP) is 1.67. The molecule has 0 atom stereocenters. The molecule has 0 heterocycles. The second-order valence-electron chi connectivity index (χ2n) is 4.35. The van der Waals surface area contributed by atoms with Crippen LogP contribution in [0.25, 0.3) is 0 Å². The second kappa shape index (κ2) is 5.88. The molecule has 0 aromatic carbocycles. The van der Waals surface area contributed by atoms with E-state index in [1.807, 2.05) is 20.8 Å². The summed E-state index contributed by atoms with van der Waals surface area (Å²) < 4.78 is 10.1. The second-order valence-corrected chi connectivity index (χ2v) is 4.35. The van der Waals surface area contributed by atoms with Gasteiger partial charge in [-0.05, 0) is 6.08 Å². The molecule has 0 aromatic rings. The number of methoxy groups -OCH3 is 2. The molecule has 0 aliphatic rings. The van der Waals surface area contributed by atoms with E-state index in [-0.39, 0.29) is 11.3 Å². The van der Waals surface area contributed by atoms with Gasteiger partial charge in [-0.3, -0.25) is 4.79 Å². The Bertz CT molecular complexity index is 237. The highest BCUT2D eigenvalue weighted by atomic mass is 16.7. The van der Waals surface area contributed by atoms with E-state index in [1.165, 1.54) is 6.92 Å². The Hall–Kier alpha value is -0.870. The number of rotatable bonds is 4. The van der Waals surface area contributed by atoms with Crippen LogP contribution in [-0.2, 0) is 14.3 Å². The average molecular weight is 215 g/mol. The monoisotopic (exact) mass is 215 g/mol. The van der Waals surface area contributed by atoms with Crippen molar-refractivity contribution in [3.8, 4) is 0 Å². The summed E-state index contributed by atoms with van der Waals surface area (Å²) in [6, 6.07) is 0. The highest BCUT2D eigenvalue weighted by molar-refractivity contribution is 5.75. The van der Waals surface area contributed by atoms with Gasteiger partial charge >= 0.3 is 0 Å². The van der Waals surface area contributed by atoms with E-state index < -0.39 is 6.29 Å². The van der Waals surface area contributed by atoms with E-state index >= 15 is 0 Å². The molecule has 15 heavy (non-hydrogen) atoms. The number of amides is 1. The first-order chi connectivity index (χ1) is 6.81. The van der Waals surface area contributed by atoms with Crippen molar-refractivity contribution in [3.05, 3.63) is 11.8 Å². The minimum absolute atomic E-state index is 0.0952. The molecule has 0 saturated heterocycles. The molecule has 0 fully saturated rings. The van der Waals surface area contributed by atoms with Crippen LogP contribution < -0.4 is 5.32 Å². The zero-order valence-corrected chi connectivity index (χ0v) is 10.4. The van der Waals surface area contributed by atoms with Gasteiger partial charge in [0.05, 0.1) is 0 Å². The molecule has 0 bridgehead atoms. The number of hydrogen-bond acceptors (Lipinski definition) is 3. The zero-order valence-electron chi connectivity index (χ0n) is 10.4. The van der Waals surface area contributed by atoms with E-state index in [1.54, 1.807) is 20.3 Å². The molecule has 0 rings (SSSR count). The van der Waals surface area contributed by atoms with Crippen LogP contribution in [0.4, 0.5) is 0 Å². The number of nitrogens with one attached hydrogen (secondary N) is 1. The van der Waals surface area contributed by atoms with Crippen molar-refractivity contribution in [2.75, 3.05) is 14.2 Å². The van der Waals surface area contributed by atoms with Gasteiger partial charge in [-0.25, -0.2) is 0 Å². The van der Waals surface area contributed by atoms with Crippen molar-refractivity contribution >= 4 is 5.91 Å². The van der Waals surface area contributed by atoms with Gasteiger partial charge in [-0.2, -0.15) is 0 Å². The first-order valence-electron chi connectivity index (χ1n) is 4.86. The van der Waals surface area contributed by atoms with E-state index in [0.29, 0.717) is 0 Å². The van der Waals surface area contributed by atoms with Crippen molar-refractivity contribution < 1.29 is 14.3 Å². The Balaban J connectivity index is 4.83. The Labute approximate surface area is 91.6 Å². The Morgan fingerprint density at radius 1 is 1.27 bits per heavy atom. The van der Waals surface area contributed by atoms with Crippen molar-refractivity contribution in [2.24, 2.45) is 5.41 Å². The van der Waals surface area contributed by atoms with Crippen LogP contribution in [0.15, 0.2) is 11.8 Å². The summed E-state index contributed by atoms with van der Waals surface area (Å²) in [5, 5.41) is 2.78. The van der Waals surface area contributed by atoms with Crippen LogP contribution in [0.1, 0.15) is 27.7 Å². The fraction of sp³-hybridized carbons (Fsp3) is 0.727. The summed E-state index contributed by atoms with van der Waals surface area (Å²) in [6.45, 7) is 7.51. The topological polar surface area (TPSA) is 47.6 Å². The Morgan fingerprint density at radius 2 is 1.73 bits per heavy atom. The summed E-state index contributed by atoms with van der Waals surface area (Å²) >= 11 is 0. The highest BCUT2D eigenvalue weighted by Gasteiger charge is 2.19. The molecule has 0 aliphatic heterocycles. The lowest BCUT2D eigenvalue weighted by Gasteiger charge is -2.24. The fourth-order valence-corrected chi connectivity index (χ4v) is 1.04. The van der Waals surface area contributed by atoms with Crippen molar-refractivity contribution in [1.29, 1.82) is 0 Å². The molecule has 4 heteroatoms. The van der Waals surface area contributed by atoms with Gasteiger partial charge in [0.2, 0.25) is 5.91 Å². The number of ether oxygens (including phenoxy) is 2. The fourth-order valence-electron chi connectivity index (χ4n) is 1.04. The van der Waals surface area contributed by atoms with Crippen LogP contribution in [0.3, 0.4) is 0 Å². The standard InChI is InChI=1S/C11H21NO3/c1-8(13)12-9(11(2,3)4)7-10(14-5)15-6/h7,10H,1-6H3,(H,12,13). The maximum absolute atomic E-state index is 11.0. The maximum atomic E-state index is 11.0. The average Bonchev–Trinajstić information content (AvgIpc) is 2.09. The summed E-state index contributed by atoms with van der Waals surface area (Å²) in [4.78, 5) is 11.0. The minimum Gasteiger partial charge on any atom is -0.352 e. The largest absolute Gasteiger partial charge is 0.352 e. The summed E-state index contributed by atoms with van der Waals surface area (Å²) in [7, 11) is 3.11. The summed E-state index contributed by atoms with van der Waals surface area (Å²) in [6.07, 6.45) is 1.33. The lowest BCUT2D eigenvalue weighted by atomic mass is 9.91. The highest BCUT2D eigenvalue weighted by Crippen LogP contribution is 2.23. The third kappa shape index (κ3) is 5.54. The van der Waals surface area contributed by atoms with Crippen LogP contribution >= 0.6 is 0 Å². The van der Waals surface area contributed by atoms with Crippen molar-refractivity contribution in [3.63, 3.8) is 0 Å². The number of hydrogen-bond donors (Lipinski definition) is 1. The predicted molar refractivity (Wildman–Crippen MR) is 59.2 cm³/mol. The summed E-state index contributed by atoms with van der Waals surface area (Å²) in [5.74, 6) is -0.0952. The van der Waals surface area contributed by atoms with Crippen molar-refractivity contribution in [1.82, 2.24) is 5.32 Å². The molecular weight excluding hydrogens is 194 g/mol. The van der Waals surface area contributed by atoms with Gasteiger partial charge in [0.15, 0.2) is 6.29 Å². The van der Waals surface area contributed by atoms with E-state index in [9.17, 15) is 4.79 Å². The molecule has 0 aromatic heterocycles. The molecule has 0 unspecified atom stereocenters. The molecule has 1 N–H and O–H groups in total. The molecule has 0 radical (unpaired) electrons. The van der Waals surface area contributed by atoms with Crippen LogP contribution in [0.5, 0.6) is 0 Å². The molecular formula is C11H21NO3. The SMILES string of the molecule is COC(C=C(NC(C)=O)C(C)(C)C)OC. The van der Waals surface area contributed by atoms with Crippen LogP contribution in [0, 0.1) is 5.41 Å². The van der Waals surface area contributed by atoms with Gasteiger partial charge in [-0.15, -0.1) is 0 Å². The zero-order chi connectivity index (χ0) is 12.1.